The summed E-state index contributed by atoms with van der Waals surface area (Å²) in [5.74, 6) is 1.44. The van der Waals surface area contributed by atoms with Crippen LogP contribution in [-0.4, -0.2) is 37.0 Å². The second-order valence-electron chi connectivity index (χ2n) is 5.36. The summed E-state index contributed by atoms with van der Waals surface area (Å²) < 4.78 is 17.6. The van der Waals surface area contributed by atoms with Gasteiger partial charge in [-0.1, -0.05) is 12.1 Å². The molecule has 25 heavy (non-hydrogen) atoms. The number of carbonyl (C=O) groups excluding carboxylic acids is 1. The molecule has 0 aliphatic rings. The first-order chi connectivity index (χ1) is 12.1. The largest absolute Gasteiger partial charge is 0.493 e. The van der Waals surface area contributed by atoms with Gasteiger partial charge in [-0.2, -0.15) is 5.10 Å². The zero-order valence-corrected chi connectivity index (χ0v) is 14.5. The lowest BCUT2D eigenvalue weighted by molar-refractivity contribution is 0.102. The van der Waals surface area contributed by atoms with Gasteiger partial charge in [-0.25, -0.2) is 0 Å². The van der Waals surface area contributed by atoms with Crippen LogP contribution < -0.4 is 19.5 Å². The first kappa shape index (κ1) is 16.6. The van der Waals surface area contributed by atoms with Crippen LogP contribution in [0.3, 0.4) is 0 Å². The van der Waals surface area contributed by atoms with Gasteiger partial charge in [-0.05, 0) is 24.3 Å². The highest BCUT2D eigenvalue weighted by molar-refractivity contribution is 6.08. The maximum Gasteiger partial charge on any atom is 0.257 e. The smallest absolute Gasteiger partial charge is 0.257 e. The molecule has 0 saturated carbocycles. The molecule has 0 fully saturated rings. The van der Waals surface area contributed by atoms with E-state index in [1.807, 2.05) is 31.3 Å². The molecule has 0 spiro atoms. The summed E-state index contributed by atoms with van der Waals surface area (Å²) in [5.41, 5.74) is 1.31. The average Bonchev–Trinajstić information content (AvgIpc) is 2.96. The van der Waals surface area contributed by atoms with Crippen LogP contribution in [0.15, 0.2) is 36.4 Å². The van der Waals surface area contributed by atoms with Crippen molar-refractivity contribution in [2.75, 3.05) is 26.6 Å². The molecule has 0 unspecified atom stereocenters. The Labute approximate surface area is 145 Å². The van der Waals surface area contributed by atoms with Crippen LogP contribution in [0, 0.1) is 0 Å². The molecule has 0 aliphatic carbocycles. The van der Waals surface area contributed by atoms with Gasteiger partial charge < -0.3 is 19.5 Å². The molecule has 130 valence electrons. The predicted octanol–water partition coefficient (Wildman–Crippen LogP) is 2.85. The number of ether oxygens (including phenoxy) is 3. The minimum Gasteiger partial charge on any atom is -0.493 e. The molecule has 0 atom stereocenters. The highest BCUT2D eigenvalue weighted by atomic mass is 16.5. The Morgan fingerprint density at radius 1 is 1.04 bits per heavy atom. The Morgan fingerprint density at radius 3 is 2.28 bits per heavy atom. The highest BCUT2D eigenvalue weighted by Crippen LogP contribution is 2.38. The van der Waals surface area contributed by atoms with E-state index in [0.717, 1.165) is 10.9 Å². The van der Waals surface area contributed by atoms with E-state index >= 15 is 0 Å². The zero-order chi connectivity index (χ0) is 18.0. The lowest BCUT2D eigenvalue weighted by Crippen LogP contribution is -2.13. The van der Waals surface area contributed by atoms with Crippen LogP contribution in [0.4, 0.5) is 5.82 Å². The fourth-order valence-electron chi connectivity index (χ4n) is 2.70. The van der Waals surface area contributed by atoms with Crippen molar-refractivity contribution in [3.8, 4) is 17.2 Å². The minimum absolute atomic E-state index is 0.317. The van der Waals surface area contributed by atoms with Crippen molar-refractivity contribution in [2.45, 2.75) is 0 Å². The number of fused-ring (bicyclic) bond motifs is 1. The fraction of sp³-hybridized carbons (Fsp3) is 0.222. The fourth-order valence-corrected chi connectivity index (χ4v) is 2.70. The summed E-state index contributed by atoms with van der Waals surface area (Å²) in [7, 11) is 6.36. The lowest BCUT2D eigenvalue weighted by atomic mass is 10.1. The number of aromatic nitrogens is 2. The number of para-hydroxylation sites is 1. The van der Waals surface area contributed by atoms with Crippen molar-refractivity contribution in [1.82, 2.24) is 9.78 Å². The number of rotatable bonds is 5. The van der Waals surface area contributed by atoms with Crippen LogP contribution in [0.5, 0.6) is 17.2 Å². The van der Waals surface area contributed by atoms with Gasteiger partial charge in [0.1, 0.15) is 0 Å². The summed E-state index contributed by atoms with van der Waals surface area (Å²) >= 11 is 0. The number of anilines is 1. The normalized spacial score (nSPS) is 10.6. The Balaban J connectivity index is 1.98. The molecule has 1 amide bonds. The third-order valence-electron chi connectivity index (χ3n) is 3.92. The van der Waals surface area contributed by atoms with Gasteiger partial charge in [-0.15, -0.1) is 0 Å². The molecule has 3 rings (SSSR count). The number of hydrogen-bond acceptors (Lipinski definition) is 5. The molecule has 0 saturated heterocycles. The summed E-state index contributed by atoms with van der Waals surface area (Å²) in [5, 5.41) is 8.08. The van der Waals surface area contributed by atoms with E-state index in [1.54, 1.807) is 16.8 Å². The molecule has 2 aromatic carbocycles. The number of hydrogen-bond donors (Lipinski definition) is 1. The van der Waals surface area contributed by atoms with Crippen molar-refractivity contribution in [2.24, 2.45) is 7.05 Å². The van der Waals surface area contributed by atoms with Crippen molar-refractivity contribution in [3.63, 3.8) is 0 Å². The van der Waals surface area contributed by atoms with E-state index in [1.165, 1.54) is 21.3 Å². The SMILES string of the molecule is COc1cc(C(=O)Nc2nn(C)c3ccccc23)cc(OC)c1OC. The Bertz CT molecular complexity index is 908. The van der Waals surface area contributed by atoms with Crippen molar-refractivity contribution >= 4 is 22.6 Å². The van der Waals surface area contributed by atoms with Crippen molar-refractivity contribution < 1.29 is 19.0 Å². The molecule has 7 nitrogen and oxygen atoms in total. The molecule has 0 radical (unpaired) electrons. The molecule has 1 aromatic heterocycles. The molecule has 3 aromatic rings. The monoisotopic (exact) mass is 341 g/mol. The number of aryl methyl sites for hydroxylation is 1. The summed E-state index contributed by atoms with van der Waals surface area (Å²) in [4.78, 5) is 12.7. The van der Waals surface area contributed by atoms with Crippen LogP contribution in [0.1, 0.15) is 10.4 Å². The first-order valence-electron chi connectivity index (χ1n) is 7.62. The lowest BCUT2D eigenvalue weighted by Gasteiger charge is -2.13. The van der Waals surface area contributed by atoms with Crippen molar-refractivity contribution in [3.05, 3.63) is 42.0 Å². The predicted molar refractivity (Wildman–Crippen MR) is 94.8 cm³/mol. The van der Waals surface area contributed by atoms with Crippen LogP contribution >= 0.6 is 0 Å². The van der Waals surface area contributed by atoms with E-state index in [-0.39, 0.29) is 5.91 Å². The number of benzene rings is 2. The number of nitrogens with one attached hydrogen (secondary N) is 1. The zero-order valence-electron chi connectivity index (χ0n) is 14.5. The quantitative estimate of drug-likeness (QED) is 0.772. The number of carbonyl (C=O) groups is 1. The third-order valence-corrected chi connectivity index (χ3v) is 3.92. The van der Waals surface area contributed by atoms with Gasteiger partial charge >= 0.3 is 0 Å². The van der Waals surface area contributed by atoms with Crippen LogP contribution in [-0.2, 0) is 7.05 Å². The van der Waals surface area contributed by atoms with Gasteiger partial charge in [-0.3, -0.25) is 9.48 Å². The Hall–Kier alpha value is -3.22. The van der Waals surface area contributed by atoms with Crippen LogP contribution in [0.25, 0.3) is 10.9 Å². The average molecular weight is 341 g/mol. The van der Waals surface area contributed by atoms with E-state index in [4.69, 9.17) is 14.2 Å². The molecule has 1 heterocycles. The molecule has 0 bridgehead atoms. The maximum atomic E-state index is 12.7. The second-order valence-corrected chi connectivity index (χ2v) is 5.36. The highest BCUT2D eigenvalue weighted by Gasteiger charge is 2.18. The van der Waals surface area contributed by atoms with E-state index in [0.29, 0.717) is 28.6 Å². The summed E-state index contributed by atoms with van der Waals surface area (Å²) in [6.45, 7) is 0. The molecule has 1 N–H and O–H groups in total. The Morgan fingerprint density at radius 2 is 1.68 bits per heavy atom. The molecule has 0 aliphatic heterocycles. The number of amides is 1. The van der Waals surface area contributed by atoms with Crippen LogP contribution in [0.2, 0.25) is 0 Å². The van der Waals surface area contributed by atoms with E-state index in [9.17, 15) is 4.79 Å². The van der Waals surface area contributed by atoms with Crippen molar-refractivity contribution in [1.29, 1.82) is 0 Å². The van der Waals surface area contributed by atoms with Gasteiger partial charge in [0, 0.05) is 18.0 Å². The molecule has 7 heteroatoms. The molecular formula is C18H19N3O4. The van der Waals surface area contributed by atoms with E-state index < -0.39 is 0 Å². The number of methoxy groups -OCH3 is 3. The summed E-state index contributed by atoms with van der Waals surface area (Å²) in [6.07, 6.45) is 0. The minimum atomic E-state index is -0.317. The van der Waals surface area contributed by atoms with Gasteiger partial charge in [0.15, 0.2) is 17.3 Å². The first-order valence-corrected chi connectivity index (χ1v) is 7.62. The Kier molecular flexibility index (Phi) is 4.47. The van der Waals surface area contributed by atoms with Gasteiger partial charge in [0.2, 0.25) is 5.75 Å². The topological polar surface area (TPSA) is 74.6 Å². The van der Waals surface area contributed by atoms with Gasteiger partial charge in [0.25, 0.3) is 5.91 Å². The maximum absolute atomic E-state index is 12.7. The van der Waals surface area contributed by atoms with E-state index in [2.05, 4.69) is 10.4 Å². The third kappa shape index (κ3) is 2.96. The second kappa shape index (κ2) is 6.72. The standard InChI is InChI=1S/C18H19N3O4/c1-21-13-8-6-5-7-12(13)17(20-21)19-18(22)11-9-14(23-2)16(25-4)15(10-11)24-3/h5-10H,1-4H3,(H,19,20,22). The molecular weight excluding hydrogens is 322 g/mol. The summed E-state index contributed by atoms with van der Waals surface area (Å²) in [6, 6.07) is 10.9. The number of nitrogens with zero attached hydrogens (tertiary/aromatic N) is 2. The van der Waals surface area contributed by atoms with Gasteiger partial charge in [0.05, 0.1) is 26.8 Å².